The molecule has 0 aliphatic carbocycles. The van der Waals surface area contributed by atoms with Crippen molar-refractivity contribution in [3.63, 3.8) is 0 Å². The molecule has 0 saturated heterocycles. The summed E-state index contributed by atoms with van der Waals surface area (Å²) in [7, 11) is -3.22. The van der Waals surface area contributed by atoms with Crippen LogP contribution in [-0.4, -0.2) is 31.1 Å². The summed E-state index contributed by atoms with van der Waals surface area (Å²) in [5.41, 5.74) is 0.284. The van der Waals surface area contributed by atoms with Crippen molar-refractivity contribution < 1.29 is 27.6 Å². The minimum atomic E-state index is -4.62. The number of benzene rings is 4. The van der Waals surface area contributed by atoms with Crippen LogP contribution < -0.4 is 10.1 Å². The maximum atomic E-state index is 13.2. The first kappa shape index (κ1) is 26.4. The number of methoxy groups -OCH3 is 1. The van der Waals surface area contributed by atoms with Gasteiger partial charge in [-0.3, -0.25) is 9.35 Å². The molecule has 12 heteroatoms. The van der Waals surface area contributed by atoms with E-state index in [0.717, 1.165) is 0 Å². The van der Waals surface area contributed by atoms with Gasteiger partial charge in [-0.05, 0) is 42.1 Å². The minimum Gasteiger partial charge on any atom is -0.505 e. The van der Waals surface area contributed by atoms with Gasteiger partial charge in [0.15, 0.2) is 11.5 Å². The number of anilines is 1. The third-order valence-electron chi connectivity index (χ3n) is 5.45. The average molecular weight is 560 g/mol. The fourth-order valence-corrected chi connectivity index (χ4v) is 5.34. The van der Waals surface area contributed by atoms with Crippen LogP contribution in [0.5, 0.6) is 11.5 Å². The van der Waals surface area contributed by atoms with Crippen molar-refractivity contribution in [1.29, 1.82) is 0 Å². The van der Waals surface area contributed by atoms with Crippen molar-refractivity contribution >= 4 is 67.1 Å². The van der Waals surface area contributed by atoms with Crippen LogP contribution in [0.15, 0.2) is 75.8 Å². The lowest BCUT2D eigenvalue weighted by atomic mass is 10.0. The number of nitrogens with zero attached hydrogens (tertiary/aromatic N) is 2. The Hall–Kier alpha value is -3.70. The Bertz CT molecular complexity index is 1690. The second kappa shape index (κ2) is 10.3. The van der Waals surface area contributed by atoms with E-state index in [1.807, 2.05) is 0 Å². The van der Waals surface area contributed by atoms with Crippen LogP contribution in [0, 0.1) is 6.92 Å². The van der Waals surface area contributed by atoms with Crippen LogP contribution in [0.2, 0.25) is 10.0 Å². The number of azo groups is 1. The first-order chi connectivity index (χ1) is 17.5. The van der Waals surface area contributed by atoms with Crippen molar-refractivity contribution in [2.75, 3.05) is 12.4 Å². The Labute approximate surface area is 222 Å². The van der Waals surface area contributed by atoms with E-state index in [4.69, 9.17) is 27.9 Å². The summed E-state index contributed by atoms with van der Waals surface area (Å²) < 4.78 is 38.3. The summed E-state index contributed by atoms with van der Waals surface area (Å²) in [5, 5.41) is 22.8. The van der Waals surface area contributed by atoms with Gasteiger partial charge in [0.25, 0.3) is 16.0 Å². The molecule has 4 rings (SSSR count). The number of amides is 1. The molecule has 4 aromatic rings. The highest BCUT2D eigenvalue weighted by atomic mass is 35.5. The zero-order valence-corrected chi connectivity index (χ0v) is 21.7. The summed E-state index contributed by atoms with van der Waals surface area (Å²) in [5.74, 6) is -0.886. The number of carbonyl (C=O) groups is 1. The van der Waals surface area contributed by atoms with Gasteiger partial charge in [0, 0.05) is 5.39 Å². The fraction of sp³-hybridized carbons (Fsp3) is 0.0800. The van der Waals surface area contributed by atoms with E-state index in [1.54, 1.807) is 42.5 Å². The van der Waals surface area contributed by atoms with E-state index >= 15 is 0 Å². The Morgan fingerprint density at radius 1 is 1.03 bits per heavy atom. The third-order valence-corrected chi connectivity index (χ3v) is 7.28. The van der Waals surface area contributed by atoms with E-state index in [1.165, 1.54) is 32.2 Å². The normalized spacial score (nSPS) is 11.7. The predicted octanol–water partition coefficient (Wildman–Crippen LogP) is 7.08. The summed E-state index contributed by atoms with van der Waals surface area (Å²) in [6.45, 7) is 1.46. The van der Waals surface area contributed by atoms with Crippen molar-refractivity contribution in [1.82, 2.24) is 0 Å². The minimum absolute atomic E-state index is 0.0497. The first-order valence-corrected chi connectivity index (χ1v) is 12.8. The van der Waals surface area contributed by atoms with Crippen LogP contribution in [-0.2, 0) is 10.1 Å². The molecule has 37 heavy (non-hydrogen) atoms. The van der Waals surface area contributed by atoms with Gasteiger partial charge in [0.05, 0.1) is 28.4 Å². The zero-order valence-electron chi connectivity index (χ0n) is 19.4. The van der Waals surface area contributed by atoms with Crippen LogP contribution in [0.4, 0.5) is 17.1 Å². The van der Waals surface area contributed by atoms with E-state index in [9.17, 15) is 22.9 Å². The third kappa shape index (κ3) is 5.23. The SMILES string of the molecule is COc1c(Cl)cccc1NC(=O)c1cc2ccccc2c(N=Nc2ccc(C)c(S(=O)(=O)O)c2Cl)c1O. The number of phenols is 1. The maximum Gasteiger partial charge on any atom is 0.296 e. The molecule has 0 spiro atoms. The molecule has 3 N–H and O–H groups in total. The van der Waals surface area contributed by atoms with E-state index < -0.39 is 26.7 Å². The predicted molar refractivity (Wildman–Crippen MR) is 142 cm³/mol. The molecule has 9 nitrogen and oxygen atoms in total. The van der Waals surface area contributed by atoms with Gasteiger partial charge in [-0.25, -0.2) is 0 Å². The summed E-state index contributed by atoms with van der Waals surface area (Å²) >= 11 is 12.3. The molecule has 0 aliphatic heterocycles. The molecule has 0 atom stereocenters. The number of carbonyl (C=O) groups excluding carboxylic acids is 1. The summed E-state index contributed by atoms with van der Waals surface area (Å²) in [6, 6.07) is 16.0. The molecule has 4 aromatic carbocycles. The van der Waals surface area contributed by atoms with E-state index in [0.29, 0.717) is 16.5 Å². The number of fused-ring (bicyclic) bond motifs is 1. The number of para-hydroxylation sites is 1. The number of aryl methyl sites for hydroxylation is 1. The highest BCUT2D eigenvalue weighted by molar-refractivity contribution is 7.86. The molecule has 0 unspecified atom stereocenters. The lowest BCUT2D eigenvalue weighted by molar-refractivity contribution is 0.102. The number of hydrogen-bond acceptors (Lipinski definition) is 7. The van der Waals surface area contributed by atoms with Gasteiger partial charge in [0.2, 0.25) is 0 Å². The van der Waals surface area contributed by atoms with E-state index in [-0.39, 0.29) is 38.3 Å². The molecule has 1 amide bonds. The largest absolute Gasteiger partial charge is 0.505 e. The van der Waals surface area contributed by atoms with Crippen LogP contribution in [0.25, 0.3) is 10.8 Å². The molecule has 190 valence electrons. The average Bonchev–Trinajstić information content (AvgIpc) is 2.83. The second-order valence-corrected chi connectivity index (χ2v) is 9.98. The number of halogens is 2. The topological polar surface area (TPSA) is 138 Å². The highest BCUT2D eigenvalue weighted by Gasteiger charge is 2.22. The Morgan fingerprint density at radius 2 is 1.76 bits per heavy atom. The summed E-state index contributed by atoms with van der Waals surface area (Å²) in [6.07, 6.45) is 0. The molecule has 0 bridgehead atoms. The zero-order chi connectivity index (χ0) is 26.9. The quantitative estimate of drug-likeness (QED) is 0.170. The first-order valence-electron chi connectivity index (χ1n) is 10.6. The molecule has 0 heterocycles. The molecule has 0 fully saturated rings. The highest BCUT2D eigenvalue weighted by Crippen LogP contribution is 2.42. The smallest absolute Gasteiger partial charge is 0.296 e. The lowest BCUT2D eigenvalue weighted by Gasteiger charge is -2.14. The van der Waals surface area contributed by atoms with E-state index in [2.05, 4.69) is 15.5 Å². The number of rotatable bonds is 6. The monoisotopic (exact) mass is 559 g/mol. The second-order valence-electron chi connectivity index (χ2n) is 7.84. The van der Waals surface area contributed by atoms with Crippen molar-refractivity contribution in [3.05, 3.63) is 81.8 Å². The van der Waals surface area contributed by atoms with Gasteiger partial charge >= 0.3 is 0 Å². The van der Waals surface area contributed by atoms with Gasteiger partial charge in [-0.1, -0.05) is 59.6 Å². The number of nitrogens with one attached hydrogen (secondary N) is 1. The van der Waals surface area contributed by atoms with Gasteiger partial charge in [-0.15, -0.1) is 10.2 Å². The number of phenolic OH excluding ortho intramolecular Hbond substituents is 1. The molecule has 0 radical (unpaired) electrons. The molecule has 0 aliphatic rings. The van der Waals surface area contributed by atoms with Gasteiger partial charge in [-0.2, -0.15) is 8.42 Å². The molecular formula is C25H19Cl2N3O6S. The summed E-state index contributed by atoms with van der Waals surface area (Å²) in [4.78, 5) is 12.7. The standard InChI is InChI=1S/C25H19Cl2N3O6S/c1-13-10-11-18(20(27)24(13)37(33,34)35)29-30-21-15-7-4-3-6-14(15)12-16(22(21)31)25(32)28-19-9-5-8-17(26)23(19)36-2/h3-12,31H,1-2H3,(H,28,32)(H,33,34,35). The molecular weight excluding hydrogens is 541 g/mol. The van der Waals surface area contributed by atoms with Crippen molar-refractivity contribution in [2.45, 2.75) is 11.8 Å². The Balaban J connectivity index is 1.83. The van der Waals surface area contributed by atoms with Gasteiger partial charge in [0.1, 0.15) is 16.3 Å². The number of ether oxygens (including phenoxy) is 1. The Morgan fingerprint density at radius 3 is 2.46 bits per heavy atom. The molecule has 0 aromatic heterocycles. The maximum absolute atomic E-state index is 13.2. The van der Waals surface area contributed by atoms with Crippen LogP contribution in [0.1, 0.15) is 15.9 Å². The fourth-order valence-electron chi connectivity index (χ4n) is 3.74. The molecule has 0 saturated carbocycles. The van der Waals surface area contributed by atoms with Crippen molar-refractivity contribution in [2.24, 2.45) is 10.2 Å². The Kier molecular flexibility index (Phi) is 7.37. The van der Waals surface area contributed by atoms with Gasteiger partial charge < -0.3 is 15.2 Å². The number of hydrogen-bond donors (Lipinski definition) is 3. The van der Waals surface area contributed by atoms with Crippen LogP contribution in [0.3, 0.4) is 0 Å². The van der Waals surface area contributed by atoms with Crippen LogP contribution >= 0.6 is 23.2 Å². The number of aromatic hydroxyl groups is 1. The van der Waals surface area contributed by atoms with Crippen molar-refractivity contribution in [3.8, 4) is 11.5 Å². The lowest BCUT2D eigenvalue weighted by Crippen LogP contribution is -2.13.